The van der Waals surface area contributed by atoms with Gasteiger partial charge in [0.25, 0.3) is 5.91 Å². The fourth-order valence-electron chi connectivity index (χ4n) is 5.26. The van der Waals surface area contributed by atoms with E-state index in [1.807, 2.05) is 12.1 Å². The van der Waals surface area contributed by atoms with Gasteiger partial charge in [0.15, 0.2) is 0 Å². The lowest BCUT2D eigenvalue weighted by atomic mass is 10.1. The molecule has 1 saturated heterocycles. The molecule has 13 heteroatoms. The molecule has 0 bridgehead atoms. The van der Waals surface area contributed by atoms with E-state index in [1.165, 1.54) is 26.8 Å². The predicted molar refractivity (Wildman–Crippen MR) is 173 cm³/mol. The lowest BCUT2D eigenvalue weighted by molar-refractivity contribution is -0.146. The monoisotopic (exact) mass is 671 g/mol. The summed E-state index contributed by atoms with van der Waals surface area (Å²) in [6.07, 6.45) is 0.796. The highest BCUT2D eigenvalue weighted by molar-refractivity contribution is 6.35. The number of hydrogen-bond donors (Lipinski definition) is 2. The lowest BCUT2D eigenvalue weighted by Gasteiger charge is -2.33. The van der Waals surface area contributed by atoms with Crippen molar-refractivity contribution in [2.24, 2.45) is 5.84 Å². The number of nitrogens with two attached hydrogens (primary N) is 1. The van der Waals surface area contributed by atoms with Crippen molar-refractivity contribution in [2.45, 2.75) is 31.7 Å². The number of benzene rings is 3. The molecular weight excluding hydrogens is 636 g/mol. The molecule has 3 aromatic rings. The van der Waals surface area contributed by atoms with Crippen LogP contribution in [0.15, 0.2) is 66.7 Å². The molecule has 1 atom stereocenters. The SMILES string of the molecule is COc1ccc(CCN(CC(=O)NN)C(=O)C2CC(=O)N(CCc3ccc(Cl)cc3Cl)CC(=O)N2CCc2ccc(F)cc2)cc1. The van der Waals surface area contributed by atoms with Crippen molar-refractivity contribution in [2.75, 3.05) is 39.8 Å². The zero-order chi connectivity index (χ0) is 33.2. The quantitative estimate of drug-likeness (QED) is 0.163. The maximum absolute atomic E-state index is 14.2. The second-order valence-electron chi connectivity index (χ2n) is 10.9. The standard InChI is InChI=1S/C33H36Cl2FN5O5/c1-46-27-10-4-23(5-11-27)12-15-40(20-30(42)38-37)33(45)29-19-31(43)39(16-14-24-6-7-25(34)18-28(24)35)21-32(44)41(29)17-13-22-2-8-26(36)9-3-22/h2-11,18,29H,12-17,19-21,37H2,1H3,(H,38,42). The summed E-state index contributed by atoms with van der Waals surface area (Å²) in [5.74, 6) is 3.67. The molecule has 0 radical (unpaired) electrons. The van der Waals surface area contributed by atoms with E-state index in [0.717, 1.165) is 16.7 Å². The van der Waals surface area contributed by atoms with E-state index >= 15 is 0 Å². The molecule has 0 spiro atoms. The minimum atomic E-state index is -1.17. The smallest absolute Gasteiger partial charge is 0.253 e. The van der Waals surface area contributed by atoms with Crippen LogP contribution in [0, 0.1) is 5.82 Å². The average molecular weight is 673 g/mol. The largest absolute Gasteiger partial charge is 0.497 e. The molecule has 0 aromatic heterocycles. The van der Waals surface area contributed by atoms with Gasteiger partial charge in [0, 0.05) is 29.7 Å². The molecule has 244 valence electrons. The molecule has 4 rings (SSSR count). The Morgan fingerprint density at radius 3 is 2.28 bits per heavy atom. The number of rotatable bonds is 13. The molecule has 1 fully saturated rings. The van der Waals surface area contributed by atoms with Crippen LogP contribution in [0.25, 0.3) is 0 Å². The summed E-state index contributed by atoms with van der Waals surface area (Å²) >= 11 is 12.4. The maximum Gasteiger partial charge on any atom is 0.253 e. The first-order valence-corrected chi connectivity index (χ1v) is 15.5. The number of halogens is 3. The Labute approximate surface area is 277 Å². The molecule has 46 heavy (non-hydrogen) atoms. The van der Waals surface area contributed by atoms with E-state index < -0.39 is 29.6 Å². The third kappa shape index (κ3) is 9.41. The first-order chi connectivity index (χ1) is 22.1. The van der Waals surface area contributed by atoms with Crippen LogP contribution in [0.4, 0.5) is 4.39 Å². The third-order valence-corrected chi connectivity index (χ3v) is 8.47. The van der Waals surface area contributed by atoms with Gasteiger partial charge in [-0.15, -0.1) is 0 Å². The number of hydrogen-bond acceptors (Lipinski definition) is 6. The number of hydrazine groups is 1. The van der Waals surface area contributed by atoms with Crippen LogP contribution < -0.4 is 16.0 Å². The molecule has 3 N–H and O–H groups in total. The van der Waals surface area contributed by atoms with Crippen LogP contribution in [0.2, 0.25) is 10.0 Å². The van der Waals surface area contributed by atoms with Crippen molar-refractivity contribution in [3.8, 4) is 5.75 Å². The highest BCUT2D eigenvalue weighted by atomic mass is 35.5. The van der Waals surface area contributed by atoms with Crippen molar-refractivity contribution in [1.29, 1.82) is 0 Å². The predicted octanol–water partition coefficient (Wildman–Crippen LogP) is 3.42. The van der Waals surface area contributed by atoms with E-state index in [4.69, 9.17) is 33.8 Å². The minimum Gasteiger partial charge on any atom is -0.497 e. The van der Waals surface area contributed by atoms with Gasteiger partial charge in [-0.3, -0.25) is 24.6 Å². The maximum atomic E-state index is 14.2. The Morgan fingerprint density at radius 2 is 1.63 bits per heavy atom. The van der Waals surface area contributed by atoms with Crippen molar-refractivity contribution in [1.82, 2.24) is 20.1 Å². The molecule has 1 unspecified atom stereocenters. The molecular formula is C33H36Cl2FN5O5. The van der Waals surface area contributed by atoms with Crippen molar-refractivity contribution in [3.63, 3.8) is 0 Å². The molecule has 0 aliphatic carbocycles. The molecule has 1 aliphatic heterocycles. The van der Waals surface area contributed by atoms with Gasteiger partial charge >= 0.3 is 0 Å². The number of carbonyl (C=O) groups excluding carboxylic acids is 4. The van der Waals surface area contributed by atoms with Gasteiger partial charge in [-0.05, 0) is 72.4 Å². The molecule has 10 nitrogen and oxygen atoms in total. The Kier molecular flexibility index (Phi) is 12.4. The van der Waals surface area contributed by atoms with Gasteiger partial charge in [0.05, 0.1) is 20.1 Å². The van der Waals surface area contributed by atoms with Crippen molar-refractivity contribution >= 4 is 46.8 Å². The summed E-state index contributed by atoms with van der Waals surface area (Å²) < 4.78 is 18.7. The summed E-state index contributed by atoms with van der Waals surface area (Å²) in [5, 5.41) is 0.925. The first kappa shape index (κ1) is 34.7. The molecule has 1 aliphatic rings. The van der Waals surface area contributed by atoms with Gasteiger partial charge < -0.3 is 19.4 Å². The fourth-order valence-corrected chi connectivity index (χ4v) is 5.76. The van der Waals surface area contributed by atoms with Gasteiger partial charge in [-0.25, -0.2) is 10.2 Å². The van der Waals surface area contributed by atoms with E-state index in [2.05, 4.69) is 5.43 Å². The van der Waals surface area contributed by atoms with Crippen molar-refractivity contribution in [3.05, 3.63) is 99.3 Å². The zero-order valence-electron chi connectivity index (χ0n) is 25.4. The number of nitrogens with zero attached hydrogens (tertiary/aromatic N) is 3. The van der Waals surface area contributed by atoms with Crippen LogP contribution >= 0.6 is 23.2 Å². The van der Waals surface area contributed by atoms with Crippen molar-refractivity contribution < 1.29 is 28.3 Å². The minimum absolute atomic E-state index is 0.0976. The number of methoxy groups -OCH3 is 1. The number of ether oxygens (including phenoxy) is 1. The molecule has 0 saturated carbocycles. The third-order valence-electron chi connectivity index (χ3n) is 7.89. The van der Waals surface area contributed by atoms with E-state index in [0.29, 0.717) is 35.1 Å². The summed E-state index contributed by atoms with van der Waals surface area (Å²) in [6, 6.07) is 17.0. The van der Waals surface area contributed by atoms with Gasteiger partial charge in [0.2, 0.25) is 17.7 Å². The zero-order valence-corrected chi connectivity index (χ0v) is 26.9. The number of nitrogens with one attached hydrogen (secondary N) is 1. The van der Waals surface area contributed by atoms with Gasteiger partial charge in [-0.2, -0.15) is 0 Å². The molecule has 3 aromatic carbocycles. The highest BCUT2D eigenvalue weighted by Crippen LogP contribution is 2.23. The number of amides is 4. The van der Waals surface area contributed by atoms with Gasteiger partial charge in [0.1, 0.15) is 24.2 Å². The van der Waals surface area contributed by atoms with E-state index in [-0.39, 0.29) is 45.1 Å². The van der Waals surface area contributed by atoms with E-state index in [1.54, 1.807) is 49.6 Å². The summed E-state index contributed by atoms with van der Waals surface area (Å²) in [5.41, 5.74) is 4.45. The highest BCUT2D eigenvalue weighted by Gasteiger charge is 2.39. The molecule has 4 amide bonds. The van der Waals surface area contributed by atoms with Gasteiger partial charge in [-0.1, -0.05) is 53.5 Å². The first-order valence-electron chi connectivity index (χ1n) is 14.7. The summed E-state index contributed by atoms with van der Waals surface area (Å²) in [6.45, 7) is -0.195. The Bertz CT molecular complexity index is 1540. The average Bonchev–Trinajstić information content (AvgIpc) is 3.17. The summed E-state index contributed by atoms with van der Waals surface area (Å²) in [7, 11) is 1.56. The van der Waals surface area contributed by atoms with E-state index in [9.17, 15) is 23.6 Å². The van der Waals surface area contributed by atoms with Crippen LogP contribution in [-0.2, 0) is 38.4 Å². The Hall–Kier alpha value is -4.19. The second kappa shape index (κ2) is 16.4. The summed E-state index contributed by atoms with van der Waals surface area (Å²) in [4.78, 5) is 58.1. The number of carbonyl (C=O) groups is 4. The van der Waals surface area contributed by atoms with Crippen LogP contribution in [0.5, 0.6) is 5.75 Å². The Morgan fingerprint density at radius 1 is 0.957 bits per heavy atom. The normalized spacial score (nSPS) is 15.0. The fraction of sp³-hybridized carbons (Fsp3) is 0.333. The lowest BCUT2D eigenvalue weighted by Crippen LogP contribution is -2.54. The molecule has 1 heterocycles. The topological polar surface area (TPSA) is 125 Å². The van der Waals surface area contributed by atoms with Crippen LogP contribution in [0.3, 0.4) is 0 Å². The Balaban J connectivity index is 1.58. The van der Waals surface area contributed by atoms with Crippen LogP contribution in [-0.4, -0.2) is 84.2 Å². The second-order valence-corrected chi connectivity index (χ2v) is 11.8. The van der Waals surface area contributed by atoms with Crippen LogP contribution in [0.1, 0.15) is 23.1 Å².